The van der Waals surface area contributed by atoms with E-state index < -0.39 is 17.5 Å². The fourth-order valence-electron chi connectivity index (χ4n) is 2.39. The van der Waals surface area contributed by atoms with Crippen molar-refractivity contribution in [2.45, 2.75) is 6.54 Å². The maximum Gasteiger partial charge on any atom is 0.273 e. The minimum atomic E-state index is -0.769. The third-order valence-electron chi connectivity index (χ3n) is 3.69. The van der Waals surface area contributed by atoms with Crippen LogP contribution in [-0.4, -0.2) is 16.2 Å². The van der Waals surface area contributed by atoms with E-state index in [-0.39, 0.29) is 23.6 Å². The zero-order valence-electron chi connectivity index (χ0n) is 13.6. The van der Waals surface area contributed by atoms with Gasteiger partial charge in [0.25, 0.3) is 5.91 Å². The lowest BCUT2D eigenvalue weighted by Crippen LogP contribution is -2.23. The van der Waals surface area contributed by atoms with Crippen molar-refractivity contribution >= 4 is 5.91 Å². The van der Waals surface area contributed by atoms with Gasteiger partial charge in [-0.25, -0.2) is 8.78 Å². The molecule has 1 amide bonds. The average Bonchev–Trinajstić information content (AvgIpc) is 3.39. The van der Waals surface area contributed by atoms with Crippen LogP contribution in [-0.2, 0) is 6.54 Å². The molecule has 4 rings (SSSR count). The summed E-state index contributed by atoms with van der Waals surface area (Å²) in [5, 5.41) is 10.0. The molecule has 27 heavy (non-hydrogen) atoms. The molecule has 0 spiro atoms. The average molecular weight is 371 g/mol. The van der Waals surface area contributed by atoms with Crippen LogP contribution >= 0.6 is 0 Å². The van der Waals surface area contributed by atoms with E-state index in [2.05, 4.69) is 15.6 Å². The summed E-state index contributed by atoms with van der Waals surface area (Å²) in [5.41, 5.74) is 0.493. The number of carbonyl (C=O) groups is 1. The van der Waals surface area contributed by atoms with E-state index in [0.717, 1.165) is 12.1 Å². The molecule has 0 saturated carbocycles. The van der Waals surface area contributed by atoms with Gasteiger partial charge in [0, 0.05) is 18.2 Å². The van der Waals surface area contributed by atoms with E-state index in [9.17, 15) is 13.6 Å². The Hall–Kier alpha value is -3.75. The van der Waals surface area contributed by atoms with Gasteiger partial charge in [0.1, 0.15) is 17.3 Å². The monoisotopic (exact) mass is 371 g/mol. The Morgan fingerprint density at radius 3 is 2.63 bits per heavy atom. The smallest absolute Gasteiger partial charge is 0.273 e. The maximum absolute atomic E-state index is 13.8. The van der Waals surface area contributed by atoms with Crippen LogP contribution in [0.5, 0.6) is 0 Å². The molecule has 0 aliphatic carbocycles. The fourth-order valence-corrected chi connectivity index (χ4v) is 2.39. The van der Waals surface area contributed by atoms with Crippen LogP contribution in [0.3, 0.4) is 0 Å². The van der Waals surface area contributed by atoms with Gasteiger partial charge in [-0.3, -0.25) is 4.79 Å². The van der Waals surface area contributed by atoms with Crippen LogP contribution in [0.25, 0.3) is 22.8 Å². The molecule has 0 bridgehead atoms. The molecule has 0 fully saturated rings. The number of benzene rings is 1. The molecule has 7 nitrogen and oxygen atoms in total. The molecule has 0 atom stereocenters. The normalized spacial score (nSPS) is 10.9. The maximum atomic E-state index is 13.8. The summed E-state index contributed by atoms with van der Waals surface area (Å²) in [6.45, 7) is 0.0219. The first-order valence-electron chi connectivity index (χ1n) is 7.80. The molecule has 136 valence electrons. The molecule has 3 aromatic heterocycles. The van der Waals surface area contributed by atoms with Gasteiger partial charge >= 0.3 is 0 Å². The van der Waals surface area contributed by atoms with Gasteiger partial charge in [-0.1, -0.05) is 10.3 Å². The summed E-state index contributed by atoms with van der Waals surface area (Å²) in [7, 11) is 0. The highest BCUT2D eigenvalue weighted by molar-refractivity contribution is 5.92. The zero-order chi connectivity index (χ0) is 18.8. The molecule has 0 radical (unpaired) electrons. The highest BCUT2D eigenvalue weighted by atomic mass is 19.1. The molecule has 0 saturated heterocycles. The second kappa shape index (κ2) is 6.87. The third-order valence-corrected chi connectivity index (χ3v) is 3.69. The number of hydrogen-bond acceptors (Lipinski definition) is 6. The van der Waals surface area contributed by atoms with Crippen LogP contribution in [0, 0.1) is 11.6 Å². The summed E-state index contributed by atoms with van der Waals surface area (Å²) < 4.78 is 42.0. The summed E-state index contributed by atoms with van der Waals surface area (Å²) >= 11 is 0. The Morgan fingerprint density at radius 2 is 1.85 bits per heavy atom. The first kappa shape index (κ1) is 16.7. The van der Waals surface area contributed by atoms with Crippen LogP contribution in [0.15, 0.2) is 62.2 Å². The van der Waals surface area contributed by atoms with E-state index in [1.165, 1.54) is 24.5 Å². The minimum absolute atomic E-state index is 0.0219. The van der Waals surface area contributed by atoms with E-state index >= 15 is 0 Å². The number of nitrogens with zero attached hydrogens (tertiary/aromatic N) is 2. The van der Waals surface area contributed by atoms with Crippen LogP contribution in [0.4, 0.5) is 8.78 Å². The number of furan rings is 1. The standard InChI is InChI=1S/C18H11F2N3O4/c19-10-3-4-12(13(20)6-10)16-7-11(22-26-16)9-21-18(24)14-8-17(27-23-14)15-2-1-5-25-15/h1-8H,9H2,(H,21,24). The van der Waals surface area contributed by atoms with Gasteiger partial charge in [0.05, 0.1) is 18.4 Å². The molecular weight excluding hydrogens is 360 g/mol. The van der Waals surface area contributed by atoms with E-state index in [1.807, 2.05) is 0 Å². The lowest BCUT2D eigenvalue weighted by molar-refractivity contribution is 0.0941. The van der Waals surface area contributed by atoms with Crippen molar-refractivity contribution in [1.82, 2.24) is 15.6 Å². The first-order valence-corrected chi connectivity index (χ1v) is 7.80. The summed E-state index contributed by atoms with van der Waals surface area (Å²) in [6, 6.07) is 9.37. The van der Waals surface area contributed by atoms with Gasteiger partial charge in [-0.15, -0.1) is 0 Å². The molecule has 0 aliphatic heterocycles. The SMILES string of the molecule is O=C(NCc1cc(-c2ccc(F)cc2F)on1)c1cc(-c2ccco2)on1. The van der Waals surface area contributed by atoms with Gasteiger partial charge in [-0.2, -0.15) is 0 Å². The Balaban J connectivity index is 1.42. The molecule has 0 aliphatic rings. The largest absolute Gasteiger partial charge is 0.461 e. The topological polar surface area (TPSA) is 94.3 Å². The van der Waals surface area contributed by atoms with Crippen molar-refractivity contribution in [2.75, 3.05) is 0 Å². The van der Waals surface area contributed by atoms with E-state index in [4.69, 9.17) is 13.5 Å². The fraction of sp³-hybridized carbons (Fsp3) is 0.0556. The lowest BCUT2D eigenvalue weighted by Gasteiger charge is -1.98. The number of aromatic nitrogens is 2. The predicted molar refractivity (Wildman–Crippen MR) is 87.2 cm³/mol. The van der Waals surface area contributed by atoms with Crippen LogP contribution in [0.2, 0.25) is 0 Å². The second-order valence-electron chi connectivity index (χ2n) is 5.54. The molecule has 3 heterocycles. The predicted octanol–water partition coefficient (Wildman–Crippen LogP) is 3.80. The molecule has 9 heteroatoms. The molecule has 1 aromatic carbocycles. The highest BCUT2D eigenvalue weighted by Crippen LogP contribution is 2.24. The van der Waals surface area contributed by atoms with Crippen molar-refractivity contribution in [3.8, 4) is 22.8 Å². The quantitative estimate of drug-likeness (QED) is 0.573. The molecule has 1 N–H and O–H groups in total. The van der Waals surface area contributed by atoms with Gasteiger partial charge < -0.3 is 18.8 Å². The van der Waals surface area contributed by atoms with Crippen molar-refractivity contribution in [2.24, 2.45) is 0 Å². The van der Waals surface area contributed by atoms with Crippen LogP contribution < -0.4 is 5.32 Å². The second-order valence-corrected chi connectivity index (χ2v) is 5.54. The number of carbonyl (C=O) groups excluding carboxylic acids is 1. The molecule has 0 unspecified atom stereocenters. The van der Waals surface area contributed by atoms with Crippen molar-refractivity contribution in [3.05, 3.63) is 71.8 Å². The Labute approximate surface area is 150 Å². The zero-order valence-corrected chi connectivity index (χ0v) is 13.6. The first-order chi connectivity index (χ1) is 13.1. The lowest BCUT2D eigenvalue weighted by atomic mass is 10.1. The summed E-state index contributed by atoms with van der Waals surface area (Å²) in [4.78, 5) is 12.1. The van der Waals surface area contributed by atoms with Crippen molar-refractivity contribution < 1.29 is 27.0 Å². The van der Waals surface area contributed by atoms with Crippen LogP contribution in [0.1, 0.15) is 16.2 Å². The summed E-state index contributed by atoms with van der Waals surface area (Å²) in [6.07, 6.45) is 1.48. The number of halogens is 2. The number of amides is 1. The minimum Gasteiger partial charge on any atom is -0.461 e. The van der Waals surface area contributed by atoms with E-state index in [1.54, 1.807) is 12.1 Å². The van der Waals surface area contributed by atoms with Gasteiger partial charge in [0.2, 0.25) is 5.76 Å². The van der Waals surface area contributed by atoms with Gasteiger partial charge in [-0.05, 0) is 24.3 Å². The third kappa shape index (κ3) is 3.47. The Morgan fingerprint density at radius 1 is 1.00 bits per heavy atom. The number of hydrogen-bond donors (Lipinski definition) is 1. The van der Waals surface area contributed by atoms with Crippen molar-refractivity contribution in [3.63, 3.8) is 0 Å². The summed E-state index contributed by atoms with van der Waals surface area (Å²) in [5.74, 6) is -1.06. The Bertz CT molecular complexity index is 1090. The van der Waals surface area contributed by atoms with Gasteiger partial charge in [0.15, 0.2) is 17.2 Å². The van der Waals surface area contributed by atoms with E-state index in [0.29, 0.717) is 17.2 Å². The highest BCUT2D eigenvalue weighted by Gasteiger charge is 2.16. The molecular formula is C18H11F2N3O4. The Kier molecular flexibility index (Phi) is 4.25. The number of nitrogens with one attached hydrogen (secondary N) is 1. The number of rotatable bonds is 5. The molecule has 4 aromatic rings. The van der Waals surface area contributed by atoms with Crippen molar-refractivity contribution in [1.29, 1.82) is 0 Å².